The van der Waals surface area contributed by atoms with Gasteiger partial charge in [-0.15, -0.1) is 0 Å². The van der Waals surface area contributed by atoms with Crippen LogP contribution >= 0.6 is 0 Å². The van der Waals surface area contributed by atoms with E-state index in [1.165, 1.54) is 5.56 Å². The van der Waals surface area contributed by atoms with E-state index < -0.39 is 0 Å². The van der Waals surface area contributed by atoms with Gasteiger partial charge in [0.05, 0.1) is 5.92 Å². The molecular weight excluding hydrogens is 236 g/mol. The van der Waals surface area contributed by atoms with Crippen LogP contribution in [0.2, 0.25) is 0 Å². The van der Waals surface area contributed by atoms with E-state index in [-0.39, 0.29) is 11.8 Å². The molecule has 0 aromatic heterocycles. The molecule has 0 aliphatic rings. The van der Waals surface area contributed by atoms with E-state index >= 15 is 0 Å². The summed E-state index contributed by atoms with van der Waals surface area (Å²) >= 11 is 0. The molecule has 1 rings (SSSR count). The van der Waals surface area contributed by atoms with Gasteiger partial charge in [0.25, 0.3) is 0 Å². The summed E-state index contributed by atoms with van der Waals surface area (Å²) in [6, 6.07) is 8.41. The van der Waals surface area contributed by atoms with E-state index in [1.807, 2.05) is 7.05 Å². The molecule has 0 saturated carbocycles. The van der Waals surface area contributed by atoms with Crippen LogP contribution in [0, 0.1) is 11.8 Å². The third-order valence-electron chi connectivity index (χ3n) is 3.46. The average molecular weight is 262 g/mol. The van der Waals surface area contributed by atoms with E-state index in [9.17, 15) is 4.79 Å². The average Bonchev–Trinajstić information content (AvgIpc) is 2.42. The Morgan fingerprint density at radius 1 is 1.16 bits per heavy atom. The van der Waals surface area contributed by atoms with Crippen molar-refractivity contribution in [3.05, 3.63) is 35.4 Å². The van der Waals surface area contributed by atoms with Crippen molar-refractivity contribution in [1.82, 2.24) is 10.6 Å². The molecule has 106 valence electrons. The molecule has 1 aromatic carbocycles. The summed E-state index contributed by atoms with van der Waals surface area (Å²) in [6.45, 7) is 7.63. The molecule has 0 aliphatic carbocycles. The second-order valence-corrected chi connectivity index (χ2v) is 5.30. The third kappa shape index (κ3) is 5.03. The smallest absolute Gasteiger partial charge is 0.224 e. The molecule has 0 aliphatic heterocycles. The van der Waals surface area contributed by atoms with Gasteiger partial charge in [0, 0.05) is 13.1 Å². The molecule has 0 fully saturated rings. The molecule has 0 saturated heterocycles. The van der Waals surface area contributed by atoms with Crippen molar-refractivity contribution in [2.75, 3.05) is 13.6 Å². The molecule has 1 amide bonds. The van der Waals surface area contributed by atoms with Crippen LogP contribution in [0.1, 0.15) is 31.9 Å². The number of hydrogen-bond donors (Lipinski definition) is 2. The normalized spacial score (nSPS) is 12.5. The van der Waals surface area contributed by atoms with Crippen LogP contribution in [-0.2, 0) is 17.8 Å². The Balaban J connectivity index is 2.52. The van der Waals surface area contributed by atoms with Gasteiger partial charge in [0.15, 0.2) is 0 Å². The lowest BCUT2D eigenvalue weighted by Gasteiger charge is -2.19. The minimum Gasteiger partial charge on any atom is -0.352 e. The van der Waals surface area contributed by atoms with Gasteiger partial charge in [-0.1, -0.05) is 45.0 Å². The molecule has 1 aromatic rings. The van der Waals surface area contributed by atoms with E-state index in [4.69, 9.17) is 0 Å². The monoisotopic (exact) mass is 262 g/mol. The first-order valence-electron chi connectivity index (χ1n) is 7.08. The number of carbonyl (C=O) groups is 1. The number of carbonyl (C=O) groups excluding carboxylic acids is 1. The minimum atomic E-state index is 0.0277. The minimum absolute atomic E-state index is 0.0277. The highest BCUT2D eigenvalue weighted by atomic mass is 16.1. The summed E-state index contributed by atoms with van der Waals surface area (Å²) in [5.41, 5.74) is 2.47. The van der Waals surface area contributed by atoms with Gasteiger partial charge in [-0.2, -0.15) is 0 Å². The highest BCUT2D eigenvalue weighted by Crippen LogP contribution is 2.11. The van der Waals surface area contributed by atoms with Crippen LogP contribution in [0.3, 0.4) is 0 Å². The Morgan fingerprint density at radius 2 is 1.74 bits per heavy atom. The van der Waals surface area contributed by atoms with Gasteiger partial charge in [0.2, 0.25) is 5.91 Å². The molecule has 19 heavy (non-hydrogen) atoms. The topological polar surface area (TPSA) is 41.1 Å². The zero-order chi connectivity index (χ0) is 14.3. The van der Waals surface area contributed by atoms with Gasteiger partial charge in [-0.25, -0.2) is 0 Å². The van der Waals surface area contributed by atoms with Gasteiger partial charge in [-0.05, 0) is 30.5 Å². The number of rotatable bonds is 7. The van der Waals surface area contributed by atoms with Crippen molar-refractivity contribution in [3.63, 3.8) is 0 Å². The number of aryl methyl sites for hydroxylation is 1. The highest BCUT2D eigenvalue weighted by Gasteiger charge is 2.20. The van der Waals surface area contributed by atoms with Crippen LogP contribution in [-0.4, -0.2) is 19.5 Å². The molecule has 1 atom stereocenters. The van der Waals surface area contributed by atoms with Gasteiger partial charge < -0.3 is 10.6 Å². The Hall–Kier alpha value is -1.35. The fraction of sp³-hybridized carbons (Fsp3) is 0.562. The van der Waals surface area contributed by atoms with Crippen molar-refractivity contribution in [2.45, 2.75) is 33.7 Å². The fourth-order valence-electron chi connectivity index (χ4n) is 2.06. The van der Waals surface area contributed by atoms with Gasteiger partial charge in [-0.3, -0.25) is 4.79 Å². The summed E-state index contributed by atoms with van der Waals surface area (Å²) in [5.74, 6) is 0.499. The molecule has 3 heteroatoms. The lowest BCUT2D eigenvalue weighted by atomic mass is 9.95. The number of hydrogen-bond acceptors (Lipinski definition) is 2. The maximum absolute atomic E-state index is 12.1. The molecule has 0 heterocycles. The fourth-order valence-corrected chi connectivity index (χ4v) is 2.06. The van der Waals surface area contributed by atoms with Crippen molar-refractivity contribution < 1.29 is 4.79 Å². The largest absolute Gasteiger partial charge is 0.352 e. The summed E-state index contributed by atoms with van der Waals surface area (Å²) in [6.07, 6.45) is 1.05. The summed E-state index contributed by atoms with van der Waals surface area (Å²) in [4.78, 5) is 12.1. The van der Waals surface area contributed by atoms with Gasteiger partial charge in [0.1, 0.15) is 0 Å². The maximum atomic E-state index is 12.1. The SMILES string of the molecule is CCc1ccc(CNC(=O)C(CNC)C(C)C)cc1. The van der Waals surface area contributed by atoms with Crippen LogP contribution in [0.15, 0.2) is 24.3 Å². The van der Waals surface area contributed by atoms with Crippen LogP contribution in [0.25, 0.3) is 0 Å². The Labute approximate surface area is 116 Å². The number of nitrogens with one attached hydrogen (secondary N) is 2. The lowest BCUT2D eigenvalue weighted by Crippen LogP contribution is -2.38. The highest BCUT2D eigenvalue weighted by molar-refractivity contribution is 5.79. The summed E-state index contributed by atoms with van der Waals surface area (Å²) in [5, 5.41) is 6.11. The molecule has 0 radical (unpaired) electrons. The summed E-state index contributed by atoms with van der Waals surface area (Å²) < 4.78 is 0. The second-order valence-electron chi connectivity index (χ2n) is 5.30. The maximum Gasteiger partial charge on any atom is 0.224 e. The molecule has 1 unspecified atom stereocenters. The number of amides is 1. The zero-order valence-electron chi connectivity index (χ0n) is 12.5. The quantitative estimate of drug-likeness (QED) is 0.792. The van der Waals surface area contributed by atoms with Crippen LogP contribution < -0.4 is 10.6 Å². The second kappa shape index (κ2) is 7.95. The number of benzene rings is 1. The molecule has 0 bridgehead atoms. The Kier molecular flexibility index (Phi) is 6.57. The van der Waals surface area contributed by atoms with E-state index in [0.29, 0.717) is 12.5 Å². The zero-order valence-corrected chi connectivity index (χ0v) is 12.5. The van der Waals surface area contributed by atoms with E-state index in [1.54, 1.807) is 0 Å². The molecule has 2 N–H and O–H groups in total. The van der Waals surface area contributed by atoms with Gasteiger partial charge >= 0.3 is 0 Å². The lowest BCUT2D eigenvalue weighted by molar-refractivity contribution is -0.126. The Morgan fingerprint density at radius 3 is 2.21 bits per heavy atom. The van der Waals surface area contributed by atoms with Crippen LogP contribution in [0.5, 0.6) is 0 Å². The first-order valence-corrected chi connectivity index (χ1v) is 7.08. The molecule has 0 spiro atoms. The van der Waals surface area contributed by atoms with Crippen molar-refractivity contribution in [1.29, 1.82) is 0 Å². The van der Waals surface area contributed by atoms with E-state index in [2.05, 4.69) is 55.7 Å². The van der Waals surface area contributed by atoms with E-state index in [0.717, 1.165) is 18.5 Å². The third-order valence-corrected chi connectivity index (χ3v) is 3.46. The van der Waals surface area contributed by atoms with Crippen molar-refractivity contribution in [3.8, 4) is 0 Å². The summed E-state index contributed by atoms with van der Waals surface area (Å²) in [7, 11) is 1.88. The molecular formula is C16H26N2O. The van der Waals surface area contributed by atoms with Crippen molar-refractivity contribution >= 4 is 5.91 Å². The predicted octanol–water partition coefficient (Wildman–Crippen LogP) is 2.36. The predicted molar refractivity (Wildman–Crippen MR) is 79.9 cm³/mol. The standard InChI is InChI=1S/C16H26N2O/c1-5-13-6-8-14(9-7-13)10-18-16(19)15(11-17-4)12(2)3/h6-9,12,15,17H,5,10-11H2,1-4H3,(H,18,19). The van der Waals surface area contributed by atoms with Crippen LogP contribution in [0.4, 0.5) is 0 Å². The Bertz CT molecular complexity index is 384. The molecule has 3 nitrogen and oxygen atoms in total. The van der Waals surface area contributed by atoms with Crippen molar-refractivity contribution in [2.24, 2.45) is 11.8 Å². The first-order chi connectivity index (χ1) is 9.08. The first kappa shape index (κ1) is 15.7.